The average molecular weight is 696 g/mol. The van der Waals surface area contributed by atoms with Crippen molar-refractivity contribution in [2.75, 3.05) is 6.66 Å². The summed E-state index contributed by atoms with van der Waals surface area (Å²) in [5, 5.41) is 7.12. The van der Waals surface area contributed by atoms with Crippen LogP contribution in [0.1, 0.15) is 0 Å². The first-order valence-corrected chi connectivity index (χ1v) is 13.2. The number of allylic oxidation sites excluding steroid dienone is 4. The Morgan fingerprint density at radius 1 is 0.514 bits per heavy atom. The monoisotopic (exact) mass is 696 g/mol. The van der Waals surface area contributed by atoms with Crippen LogP contribution in [-0.4, -0.2) is 12.0 Å². The molecule has 1 aliphatic carbocycles. The molecule has 5 nitrogen and oxygen atoms in total. The summed E-state index contributed by atoms with van der Waals surface area (Å²) < 4.78 is 37.5. The van der Waals surface area contributed by atoms with E-state index in [9.17, 15) is 0 Å². The fraction of sp³-hybridized carbons (Fsp3) is 0.0345. The Morgan fingerprint density at radius 2 is 0.811 bits per heavy atom. The van der Waals surface area contributed by atoms with Crippen LogP contribution in [0.3, 0.4) is 0 Å². The third-order valence-electron chi connectivity index (χ3n) is 4.84. The fourth-order valence-electron chi connectivity index (χ4n) is 3.64. The van der Waals surface area contributed by atoms with Gasteiger partial charge in [0.25, 0.3) is 0 Å². The average Bonchev–Trinajstić information content (AvgIpc) is 3.50. The van der Waals surface area contributed by atoms with Gasteiger partial charge in [-0.15, -0.1) is 0 Å². The van der Waals surface area contributed by atoms with Crippen molar-refractivity contribution in [1.82, 2.24) is 0 Å². The number of benzene rings is 3. The third kappa shape index (κ3) is 10.3. The molecule has 3 aromatic rings. The Kier molecular flexibility index (Phi) is 26.1. The van der Waals surface area contributed by atoms with Crippen LogP contribution < -0.4 is 15.9 Å². The van der Waals surface area contributed by atoms with Crippen molar-refractivity contribution in [2.24, 2.45) is 0 Å². The normalized spacial score (nSPS) is 10.2. The van der Waals surface area contributed by atoms with Gasteiger partial charge in [-0.1, -0.05) is 112 Å². The molecule has 3 aromatic carbocycles. The van der Waals surface area contributed by atoms with Crippen molar-refractivity contribution < 1.29 is 44.3 Å². The zero-order valence-corrected chi connectivity index (χ0v) is 24.6. The van der Waals surface area contributed by atoms with Gasteiger partial charge >= 0.3 is 56.5 Å². The second-order valence-corrected chi connectivity index (χ2v) is 10.8. The molecular weight excluding hydrogens is 674 g/mol. The molecule has 0 fully saturated rings. The van der Waals surface area contributed by atoms with Crippen molar-refractivity contribution in [3.8, 4) is 0 Å². The van der Waals surface area contributed by atoms with E-state index in [1.807, 2.05) is 0 Å². The number of hydrogen-bond acceptors (Lipinski definition) is 0. The van der Waals surface area contributed by atoms with Crippen LogP contribution >= 0.6 is 15.5 Å². The Hall–Kier alpha value is -2.74. The molecule has 0 aromatic heterocycles. The van der Waals surface area contributed by atoms with Crippen LogP contribution in [0, 0.1) is 33.3 Å². The number of rotatable bonds is 4. The first-order chi connectivity index (χ1) is 17.9. The van der Waals surface area contributed by atoms with Crippen LogP contribution in [0.15, 0.2) is 115 Å². The molecule has 1 aliphatic rings. The summed E-state index contributed by atoms with van der Waals surface area (Å²) in [6.07, 6.45) is 7.09. The van der Waals surface area contributed by atoms with Gasteiger partial charge in [0.05, 0.1) is 0 Å². The summed E-state index contributed by atoms with van der Waals surface area (Å²) in [5.41, 5.74) is 0. The first-order valence-electron chi connectivity index (χ1n) is 9.89. The third-order valence-corrected chi connectivity index (χ3v) is 10.0. The van der Waals surface area contributed by atoms with E-state index in [0.29, 0.717) is 0 Å². The zero-order chi connectivity index (χ0) is 27.8. The molecular formula is C29H22O5P2W. The SMILES string of the molecule is CPC1=CC(=P(c2ccccc2)(c2ccccc2)c2ccccc2)C=C1.[C-]#[O+].[C-]#[O+].[C-]#[O+].[C-]#[O+].[C-]#[O+].[W]. The van der Waals surface area contributed by atoms with Gasteiger partial charge in [-0.25, -0.2) is 0 Å². The minimum Gasteiger partial charge on any atom is 0 e. The maximum atomic E-state index is 7.50. The first kappa shape index (κ1) is 38.8. The predicted octanol–water partition coefficient (Wildman–Crippen LogP) is 4.72. The van der Waals surface area contributed by atoms with Crippen molar-refractivity contribution in [3.05, 3.63) is 148 Å². The Bertz CT molecular complexity index is 1100. The minimum atomic E-state index is -1.89. The smallest absolute Gasteiger partial charge is 0 e. The van der Waals surface area contributed by atoms with Crippen LogP contribution in [0.5, 0.6) is 0 Å². The Balaban J connectivity index is -0.000000945. The van der Waals surface area contributed by atoms with E-state index in [1.165, 1.54) is 26.5 Å². The van der Waals surface area contributed by atoms with Gasteiger partial charge in [-0.3, -0.25) is 0 Å². The molecule has 0 bridgehead atoms. The van der Waals surface area contributed by atoms with E-state index in [-0.39, 0.29) is 21.1 Å². The Morgan fingerprint density at radius 3 is 1.05 bits per heavy atom. The molecule has 8 heteroatoms. The molecule has 0 radical (unpaired) electrons. The van der Waals surface area contributed by atoms with Gasteiger partial charge < -0.3 is 0 Å². The van der Waals surface area contributed by atoms with E-state index in [0.717, 1.165) is 8.58 Å². The zero-order valence-electron chi connectivity index (χ0n) is 19.8. The second-order valence-electron chi connectivity index (χ2n) is 6.29. The molecule has 0 saturated heterocycles. The van der Waals surface area contributed by atoms with Crippen LogP contribution in [0.25, 0.3) is 0 Å². The summed E-state index contributed by atoms with van der Waals surface area (Å²) in [7, 11) is 0.821. The largest absolute Gasteiger partial charge is 0 e. The summed E-state index contributed by atoms with van der Waals surface area (Å²) in [5.74, 6) is 0. The van der Waals surface area contributed by atoms with E-state index in [2.05, 4.69) is 149 Å². The van der Waals surface area contributed by atoms with Gasteiger partial charge in [0, 0.05) is 21.1 Å². The van der Waals surface area contributed by atoms with Gasteiger partial charge in [0.2, 0.25) is 0 Å². The fourth-order valence-corrected chi connectivity index (χ4v) is 8.59. The van der Waals surface area contributed by atoms with Gasteiger partial charge in [0.15, 0.2) is 0 Å². The maximum absolute atomic E-state index is 7.50. The predicted molar refractivity (Wildman–Crippen MR) is 141 cm³/mol. The van der Waals surface area contributed by atoms with E-state index in [1.54, 1.807) is 0 Å². The maximum Gasteiger partial charge on any atom is 0 e. The van der Waals surface area contributed by atoms with Gasteiger partial charge in [-0.05, 0) is 46.1 Å². The molecule has 1 atom stereocenters. The number of hydrogen-bond donors (Lipinski definition) is 0. The summed E-state index contributed by atoms with van der Waals surface area (Å²) in [6, 6.07) is 33.1. The van der Waals surface area contributed by atoms with Crippen LogP contribution in [0.4, 0.5) is 0 Å². The molecule has 0 saturated carbocycles. The second kappa shape index (κ2) is 24.9. The summed E-state index contributed by atoms with van der Waals surface area (Å²) >= 11 is 0. The molecule has 1 unspecified atom stereocenters. The minimum absolute atomic E-state index is 0. The molecule has 4 rings (SSSR count). The van der Waals surface area contributed by atoms with Gasteiger partial charge in [0.1, 0.15) is 0 Å². The molecule has 0 aliphatic heterocycles. The van der Waals surface area contributed by atoms with Crippen LogP contribution in [0.2, 0.25) is 0 Å². The Labute approximate surface area is 234 Å². The summed E-state index contributed by atoms with van der Waals surface area (Å²) in [4.78, 5) is 0. The molecule has 37 heavy (non-hydrogen) atoms. The van der Waals surface area contributed by atoms with Gasteiger partial charge in [-0.2, -0.15) is 0 Å². The standard InChI is InChI=1S/C24H22P2.5CO.W/c1-25-20-17-18-24(19-20)26(21-11-5-2-6-12-21,22-13-7-3-8-14-22)23-15-9-4-10-16-23;5*1-2;/h2-19,25H,1H3;;;;;;. The molecule has 0 amide bonds. The van der Waals surface area contributed by atoms with E-state index >= 15 is 0 Å². The van der Waals surface area contributed by atoms with E-state index in [4.69, 9.17) is 23.3 Å². The molecule has 0 heterocycles. The van der Waals surface area contributed by atoms with Crippen molar-refractivity contribution in [2.45, 2.75) is 0 Å². The van der Waals surface area contributed by atoms with Crippen molar-refractivity contribution >= 4 is 36.7 Å². The topological polar surface area (TPSA) is 99.5 Å². The molecule has 0 N–H and O–H groups in total. The summed E-state index contributed by atoms with van der Waals surface area (Å²) in [6.45, 7) is 22.9. The van der Waals surface area contributed by atoms with Crippen molar-refractivity contribution in [1.29, 1.82) is 0 Å². The molecule has 184 valence electrons. The van der Waals surface area contributed by atoms with E-state index < -0.39 is 6.89 Å². The van der Waals surface area contributed by atoms with Crippen molar-refractivity contribution in [3.63, 3.8) is 0 Å². The quantitative estimate of drug-likeness (QED) is 0.214. The molecule has 0 spiro atoms. The van der Waals surface area contributed by atoms with Crippen LogP contribution in [-0.2, 0) is 44.3 Å².